The van der Waals surface area contributed by atoms with Gasteiger partial charge < -0.3 is 19.6 Å². The van der Waals surface area contributed by atoms with Gasteiger partial charge in [0.05, 0.1) is 12.1 Å². The van der Waals surface area contributed by atoms with E-state index < -0.39 is 0 Å². The molecule has 22 heavy (non-hydrogen) atoms. The van der Waals surface area contributed by atoms with Gasteiger partial charge in [0, 0.05) is 17.5 Å². The van der Waals surface area contributed by atoms with Gasteiger partial charge in [0.1, 0.15) is 23.9 Å². The number of aromatic amines is 1. The van der Waals surface area contributed by atoms with Crippen LogP contribution in [0.1, 0.15) is 0 Å². The molecule has 0 radical (unpaired) electrons. The van der Waals surface area contributed by atoms with Gasteiger partial charge >= 0.3 is 0 Å². The van der Waals surface area contributed by atoms with Crippen LogP contribution in [0.4, 0.5) is 0 Å². The molecule has 112 valence electrons. The Balaban J connectivity index is 1.94. The number of aromatic nitrogens is 1. The van der Waals surface area contributed by atoms with Crippen LogP contribution < -0.4 is 15.0 Å². The standard InChI is InChI=1S/C17H15NO4/c19-8-9-21-12-4-3-5-13(10-12)22-16-11-17(20)18-15-7-2-1-6-14(15)16/h1-7,10-11,19H,8-9H2,(H,18,20). The van der Waals surface area contributed by atoms with E-state index in [4.69, 9.17) is 14.6 Å². The molecule has 3 aromatic rings. The van der Waals surface area contributed by atoms with Crippen LogP contribution in [0.3, 0.4) is 0 Å². The number of ether oxygens (including phenoxy) is 2. The molecule has 0 bridgehead atoms. The fourth-order valence-electron chi connectivity index (χ4n) is 2.18. The number of H-pyrrole nitrogens is 1. The maximum Gasteiger partial charge on any atom is 0.252 e. The number of hydrogen-bond acceptors (Lipinski definition) is 4. The lowest BCUT2D eigenvalue weighted by atomic mass is 10.2. The summed E-state index contributed by atoms with van der Waals surface area (Å²) in [7, 11) is 0. The van der Waals surface area contributed by atoms with E-state index >= 15 is 0 Å². The van der Waals surface area contributed by atoms with Gasteiger partial charge in [0.25, 0.3) is 5.56 Å². The highest BCUT2D eigenvalue weighted by Gasteiger charge is 2.06. The van der Waals surface area contributed by atoms with Crippen LogP contribution in [0, 0.1) is 0 Å². The van der Waals surface area contributed by atoms with Crippen molar-refractivity contribution < 1.29 is 14.6 Å². The number of aliphatic hydroxyl groups is 1. The lowest BCUT2D eigenvalue weighted by Crippen LogP contribution is -2.05. The normalized spacial score (nSPS) is 10.6. The average Bonchev–Trinajstić information content (AvgIpc) is 2.53. The minimum Gasteiger partial charge on any atom is -0.491 e. The van der Waals surface area contributed by atoms with Gasteiger partial charge in [-0.25, -0.2) is 0 Å². The minimum absolute atomic E-state index is 0.0518. The summed E-state index contributed by atoms with van der Waals surface area (Å²) in [6.07, 6.45) is 0. The Hall–Kier alpha value is -2.79. The third kappa shape index (κ3) is 3.10. The first kappa shape index (κ1) is 14.2. The first-order chi connectivity index (χ1) is 10.8. The number of rotatable bonds is 5. The highest BCUT2D eigenvalue weighted by atomic mass is 16.5. The summed E-state index contributed by atoms with van der Waals surface area (Å²) >= 11 is 0. The van der Waals surface area contributed by atoms with Crippen LogP contribution in [0.25, 0.3) is 10.9 Å². The predicted octanol–water partition coefficient (Wildman–Crippen LogP) is 2.69. The first-order valence-corrected chi connectivity index (χ1v) is 6.90. The summed E-state index contributed by atoms with van der Waals surface area (Å²) in [5.74, 6) is 1.64. The molecule has 2 N–H and O–H groups in total. The number of hydrogen-bond donors (Lipinski definition) is 2. The van der Waals surface area contributed by atoms with E-state index in [2.05, 4.69) is 4.98 Å². The summed E-state index contributed by atoms with van der Waals surface area (Å²) in [5, 5.41) is 9.61. The van der Waals surface area contributed by atoms with Gasteiger partial charge in [0.15, 0.2) is 0 Å². The van der Waals surface area contributed by atoms with E-state index in [1.165, 1.54) is 6.07 Å². The van der Waals surface area contributed by atoms with E-state index in [1.54, 1.807) is 24.3 Å². The van der Waals surface area contributed by atoms with E-state index in [0.29, 0.717) is 17.2 Å². The van der Waals surface area contributed by atoms with Crippen molar-refractivity contribution in [2.75, 3.05) is 13.2 Å². The number of para-hydroxylation sites is 1. The molecular formula is C17H15NO4. The molecule has 0 amide bonds. The second-order valence-corrected chi connectivity index (χ2v) is 4.69. The zero-order valence-corrected chi connectivity index (χ0v) is 11.8. The van der Waals surface area contributed by atoms with Crippen molar-refractivity contribution in [2.24, 2.45) is 0 Å². The Bertz CT molecular complexity index is 841. The first-order valence-electron chi connectivity index (χ1n) is 6.90. The Kier molecular flexibility index (Phi) is 4.07. The van der Waals surface area contributed by atoms with E-state index in [9.17, 15) is 4.79 Å². The number of fused-ring (bicyclic) bond motifs is 1. The second-order valence-electron chi connectivity index (χ2n) is 4.69. The van der Waals surface area contributed by atoms with Crippen LogP contribution in [0.15, 0.2) is 59.4 Å². The van der Waals surface area contributed by atoms with Gasteiger partial charge in [-0.05, 0) is 24.3 Å². The van der Waals surface area contributed by atoms with Gasteiger partial charge in [-0.3, -0.25) is 4.79 Å². The molecule has 0 saturated carbocycles. The summed E-state index contributed by atoms with van der Waals surface area (Å²) in [5.41, 5.74) is 0.499. The fraction of sp³-hybridized carbons (Fsp3) is 0.118. The summed E-state index contributed by atoms with van der Waals surface area (Å²) in [6.45, 7) is 0.168. The topological polar surface area (TPSA) is 71.6 Å². The van der Waals surface area contributed by atoms with Crippen LogP contribution in [0.5, 0.6) is 17.2 Å². The maximum absolute atomic E-state index is 11.7. The molecule has 0 aliphatic heterocycles. The van der Waals surface area contributed by atoms with Crippen LogP contribution >= 0.6 is 0 Å². The Morgan fingerprint density at radius 2 is 1.82 bits per heavy atom. The number of aliphatic hydroxyl groups excluding tert-OH is 1. The van der Waals surface area contributed by atoms with Gasteiger partial charge in [-0.15, -0.1) is 0 Å². The van der Waals surface area contributed by atoms with Crippen molar-refractivity contribution in [3.63, 3.8) is 0 Å². The SMILES string of the molecule is O=c1cc(Oc2cccc(OCCO)c2)c2ccccc2[nH]1. The molecule has 0 spiro atoms. The quantitative estimate of drug-likeness (QED) is 0.759. The number of nitrogens with one attached hydrogen (secondary N) is 1. The number of pyridine rings is 1. The van der Waals surface area contributed by atoms with Gasteiger partial charge in [0.2, 0.25) is 0 Å². The van der Waals surface area contributed by atoms with Gasteiger partial charge in [-0.2, -0.15) is 0 Å². The molecule has 2 aromatic carbocycles. The smallest absolute Gasteiger partial charge is 0.252 e. The van der Waals surface area contributed by atoms with Gasteiger partial charge in [-0.1, -0.05) is 18.2 Å². The highest BCUT2D eigenvalue weighted by molar-refractivity contribution is 5.84. The molecule has 0 aliphatic rings. The molecule has 0 atom stereocenters. The lowest BCUT2D eigenvalue weighted by Gasteiger charge is -2.10. The largest absolute Gasteiger partial charge is 0.491 e. The van der Waals surface area contributed by atoms with Crippen molar-refractivity contribution >= 4 is 10.9 Å². The predicted molar refractivity (Wildman–Crippen MR) is 83.7 cm³/mol. The summed E-state index contributed by atoms with van der Waals surface area (Å²) in [4.78, 5) is 14.5. The van der Waals surface area contributed by atoms with E-state index in [1.807, 2.05) is 24.3 Å². The number of benzene rings is 2. The van der Waals surface area contributed by atoms with E-state index in [-0.39, 0.29) is 18.8 Å². The Morgan fingerprint density at radius 3 is 2.68 bits per heavy atom. The zero-order chi connectivity index (χ0) is 15.4. The summed E-state index contributed by atoms with van der Waals surface area (Å²) < 4.78 is 11.2. The molecule has 0 fully saturated rings. The second kappa shape index (κ2) is 6.32. The molecule has 1 heterocycles. The minimum atomic E-state index is -0.221. The highest BCUT2D eigenvalue weighted by Crippen LogP contribution is 2.29. The lowest BCUT2D eigenvalue weighted by molar-refractivity contribution is 0.201. The molecular weight excluding hydrogens is 282 g/mol. The molecule has 0 saturated heterocycles. The monoisotopic (exact) mass is 297 g/mol. The zero-order valence-electron chi connectivity index (χ0n) is 11.8. The average molecular weight is 297 g/mol. The van der Waals surface area contributed by atoms with Crippen LogP contribution in [-0.2, 0) is 0 Å². The molecule has 5 nitrogen and oxygen atoms in total. The maximum atomic E-state index is 11.7. The molecule has 5 heteroatoms. The van der Waals surface area contributed by atoms with Crippen LogP contribution in [0.2, 0.25) is 0 Å². The van der Waals surface area contributed by atoms with Crippen LogP contribution in [-0.4, -0.2) is 23.3 Å². The van der Waals surface area contributed by atoms with Crippen molar-refractivity contribution in [1.82, 2.24) is 4.98 Å². The molecule has 0 aliphatic carbocycles. The fourth-order valence-corrected chi connectivity index (χ4v) is 2.18. The summed E-state index contributed by atoms with van der Waals surface area (Å²) in [6, 6.07) is 15.9. The molecule has 0 unspecified atom stereocenters. The molecule has 3 rings (SSSR count). The van der Waals surface area contributed by atoms with Crippen molar-refractivity contribution in [3.05, 3.63) is 65.0 Å². The Labute approximate surface area is 126 Å². The Morgan fingerprint density at radius 1 is 1.00 bits per heavy atom. The van der Waals surface area contributed by atoms with Crippen molar-refractivity contribution in [2.45, 2.75) is 0 Å². The third-order valence-electron chi connectivity index (χ3n) is 3.11. The van der Waals surface area contributed by atoms with Crippen molar-refractivity contribution in [1.29, 1.82) is 0 Å². The van der Waals surface area contributed by atoms with E-state index in [0.717, 1.165) is 10.9 Å². The molecule has 1 aromatic heterocycles. The van der Waals surface area contributed by atoms with Crippen molar-refractivity contribution in [3.8, 4) is 17.2 Å². The third-order valence-corrected chi connectivity index (χ3v) is 3.11.